The van der Waals surface area contributed by atoms with Crippen molar-refractivity contribution < 1.29 is 19.8 Å². The third kappa shape index (κ3) is 5.18. The molecule has 0 aliphatic heterocycles. The molecule has 0 spiro atoms. The van der Waals surface area contributed by atoms with Gasteiger partial charge in [0.05, 0.1) is 6.54 Å². The van der Waals surface area contributed by atoms with Gasteiger partial charge in [0.1, 0.15) is 6.54 Å². The van der Waals surface area contributed by atoms with Gasteiger partial charge in [0.2, 0.25) is 5.88 Å². The number of rotatable bonds is 7. The molecule has 2 aromatic carbocycles. The molecule has 1 aliphatic rings. The molecule has 35 heavy (non-hydrogen) atoms. The van der Waals surface area contributed by atoms with Crippen molar-refractivity contribution in [3.05, 3.63) is 86.6 Å². The van der Waals surface area contributed by atoms with Crippen molar-refractivity contribution in [3.63, 3.8) is 0 Å². The topological polar surface area (TPSA) is 131 Å². The van der Waals surface area contributed by atoms with Crippen LogP contribution >= 0.6 is 0 Å². The van der Waals surface area contributed by atoms with Crippen LogP contribution in [0.4, 0.5) is 0 Å². The number of carbonyl (C=O) groups is 2. The van der Waals surface area contributed by atoms with E-state index in [1.807, 2.05) is 54.6 Å². The van der Waals surface area contributed by atoms with Crippen LogP contribution < -0.4 is 16.6 Å². The van der Waals surface area contributed by atoms with E-state index in [1.54, 1.807) is 0 Å². The fraction of sp³-hybridized carbons (Fsp3) is 0.308. The lowest BCUT2D eigenvalue weighted by Crippen LogP contribution is -2.47. The maximum atomic E-state index is 13.4. The van der Waals surface area contributed by atoms with E-state index in [2.05, 4.69) is 5.32 Å². The fourth-order valence-corrected chi connectivity index (χ4v) is 4.52. The third-order valence-electron chi connectivity index (χ3n) is 6.32. The van der Waals surface area contributed by atoms with Crippen molar-refractivity contribution in [2.24, 2.45) is 0 Å². The Labute approximate surface area is 201 Å². The van der Waals surface area contributed by atoms with Crippen LogP contribution in [0.3, 0.4) is 0 Å². The fourth-order valence-electron chi connectivity index (χ4n) is 4.52. The molecule has 1 amide bonds. The summed E-state index contributed by atoms with van der Waals surface area (Å²) in [5.41, 5.74) is 0.471. The molecule has 182 valence electrons. The van der Waals surface area contributed by atoms with Crippen LogP contribution in [0.1, 0.15) is 54.1 Å². The minimum atomic E-state index is -1.29. The van der Waals surface area contributed by atoms with E-state index in [9.17, 15) is 24.3 Å². The van der Waals surface area contributed by atoms with E-state index in [0.29, 0.717) is 18.4 Å². The first kappa shape index (κ1) is 24.0. The van der Waals surface area contributed by atoms with Crippen LogP contribution in [-0.4, -0.2) is 37.8 Å². The van der Waals surface area contributed by atoms with Crippen LogP contribution in [-0.2, 0) is 11.3 Å². The smallest absolute Gasteiger partial charge is 0.334 e. The quantitative estimate of drug-likeness (QED) is 0.480. The van der Waals surface area contributed by atoms with E-state index < -0.39 is 41.1 Å². The standard InChI is InChI=1S/C26H27N3O6/c30-21(31)15-27-23(32)22-24(33)28(26(35)29(25(22)34)20-9-5-2-6-10-20)16-17-11-13-19(14-12-17)18-7-3-1-4-8-18/h1,3-4,7-8,11-14,20,33H,2,5-6,9-10,15-16H2,(H,27,32)(H,30,31). The second-order valence-corrected chi connectivity index (χ2v) is 8.67. The molecule has 9 heteroatoms. The SMILES string of the molecule is O=C(O)CNC(=O)c1c(O)n(Cc2ccc(-c3ccccc3)cc2)c(=O)n(C2CCCCC2)c1=O. The lowest BCUT2D eigenvalue weighted by Gasteiger charge is -2.25. The minimum Gasteiger partial charge on any atom is -0.494 e. The molecule has 3 N–H and O–H groups in total. The highest BCUT2D eigenvalue weighted by Crippen LogP contribution is 2.27. The highest BCUT2D eigenvalue weighted by atomic mass is 16.4. The largest absolute Gasteiger partial charge is 0.494 e. The van der Waals surface area contributed by atoms with Crippen LogP contribution in [0, 0.1) is 0 Å². The molecule has 0 saturated heterocycles. The molecule has 1 fully saturated rings. The van der Waals surface area contributed by atoms with Gasteiger partial charge in [-0.25, -0.2) is 4.79 Å². The van der Waals surface area contributed by atoms with Gasteiger partial charge >= 0.3 is 11.7 Å². The van der Waals surface area contributed by atoms with Gasteiger partial charge in [-0.2, -0.15) is 0 Å². The van der Waals surface area contributed by atoms with Crippen LogP contribution in [0.5, 0.6) is 5.88 Å². The number of aromatic nitrogens is 2. The normalized spacial score (nSPS) is 13.9. The number of carbonyl (C=O) groups excluding carboxylic acids is 1. The average molecular weight is 478 g/mol. The molecule has 0 atom stereocenters. The summed E-state index contributed by atoms with van der Waals surface area (Å²) in [6.07, 6.45) is 3.92. The Hall–Kier alpha value is -4.14. The molecule has 0 bridgehead atoms. The first-order valence-corrected chi connectivity index (χ1v) is 11.6. The van der Waals surface area contributed by atoms with Crippen LogP contribution in [0.15, 0.2) is 64.2 Å². The summed E-state index contributed by atoms with van der Waals surface area (Å²) in [5.74, 6) is -3.10. The Morgan fingerprint density at radius 3 is 2.17 bits per heavy atom. The zero-order chi connectivity index (χ0) is 24.9. The van der Waals surface area contributed by atoms with Crippen molar-refractivity contribution in [2.45, 2.75) is 44.7 Å². The van der Waals surface area contributed by atoms with Gasteiger partial charge in [0.15, 0.2) is 5.56 Å². The molecular weight excluding hydrogens is 450 g/mol. The third-order valence-corrected chi connectivity index (χ3v) is 6.32. The number of nitrogens with one attached hydrogen (secondary N) is 1. The Morgan fingerprint density at radius 2 is 1.54 bits per heavy atom. The molecule has 4 rings (SSSR count). The summed E-state index contributed by atoms with van der Waals surface area (Å²) in [5, 5.41) is 21.9. The predicted molar refractivity (Wildman–Crippen MR) is 130 cm³/mol. The summed E-state index contributed by atoms with van der Waals surface area (Å²) >= 11 is 0. The second kappa shape index (κ2) is 10.4. The van der Waals surface area contributed by atoms with E-state index in [1.165, 1.54) is 0 Å². The maximum absolute atomic E-state index is 13.4. The molecule has 0 radical (unpaired) electrons. The molecule has 0 unspecified atom stereocenters. The summed E-state index contributed by atoms with van der Waals surface area (Å²) < 4.78 is 2.05. The molecule has 9 nitrogen and oxygen atoms in total. The van der Waals surface area contributed by atoms with Crippen LogP contribution in [0.2, 0.25) is 0 Å². The number of hydrogen-bond acceptors (Lipinski definition) is 5. The number of aliphatic carboxylic acids is 1. The lowest BCUT2D eigenvalue weighted by molar-refractivity contribution is -0.135. The summed E-state index contributed by atoms with van der Waals surface area (Å²) in [6, 6.07) is 16.8. The Bertz CT molecular complexity index is 1340. The molecule has 1 aromatic heterocycles. The first-order chi connectivity index (χ1) is 16.9. The molecule has 1 aliphatic carbocycles. The lowest BCUT2D eigenvalue weighted by atomic mass is 9.95. The Morgan fingerprint density at radius 1 is 0.914 bits per heavy atom. The molecular formula is C26H27N3O6. The van der Waals surface area contributed by atoms with Crippen molar-refractivity contribution >= 4 is 11.9 Å². The molecule has 3 aromatic rings. The number of carboxylic acid groups (broad SMARTS) is 1. The van der Waals surface area contributed by atoms with Gasteiger partial charge in [-0.1, -0.05) is 73.9 Å². The van der Waals surface area contributed by atoms with Gasteiger partial charge in [-0.15, -0.1) is 0 Å². The number of carboxylic acids is 1. The number of nitrogens with zero attached hydrogens (tertiary/aromatic N) is 2. The highest BCUT2D eigenvalue weighted by Gasteiger charge is 2.28. The predicted octanol–water partition coefficient (Wildman–Crippen LogP) is 2.75. The number of hydrogen-bond donors (Lipinski definition) is 3. The van der Waals surface area contributed by atoms with E-state index in [0.717, 1.165) is 39.5 Å². The van der Waals surface area contributed by atoms with Crippen molar-refractivity contribution in [1.82, 2.24) is 14.5 Å². The molecule has 1 heterocycles. The average Bonchev–Trinajstić information content (AvgIpc) is 2.87. The number of benzene rings is 2. The Kier molecular flexibility index (Phi) is 7.14. The van der Waals surface area contributed by atoms with E-state index >= 15 is 0 Å². The molecule has 1 saturated carbocycles. The minimum absolute atomic E-state index is 0.0635. The van der Waals surface area contributed by atoms with Gasteiger partial charge in [-0.05, 0) is 29.5 Å². The van der Waals surface area contributed by atoms with Gasteiger partial charge < -0.3 is 15.5 Å². The number of aromatic hydroxyl groups is 1. The zero-order valence-corrected chi connectivity index (χ0v) is 19.1. The van der Waals surface area contributed by atoms with Crippen molar-refractivity contribution in [1.29, 1.82) is 0 Å². The second-order valence-electron chi connectivity index (χ2n) is 8.67. The van der Waals surface area contributed by atoms with Gasteiger partial charge in [0.25, 0.3) is 11.5 Å². The van der Waals surface area contributed by atoms with E-state index in [4.69, 9.17) is 5.11 Å². The van der Waals surface area contributed by atoms with E-state index in [-0.39, 0.29) is 12.6 Å². The first-order valence-electron chi connectivity index (χ1n) is 11.6. The number of amides is 1. The van der Waals surface area contributed by atoms with Crippen molar-refractivity contribution in [3.8, 4) is 17.0 Å². The maximum Gasteiger partial charge on any atom is 0.334 e. The van der Waals surface area contributed by atoms with Crippen molar-refractivity contribution in [2.75, 3.05) is 6.54 Å². The van der Waals surface area contributed by atoms with Crippen LogP contribution in [0.25, 0.3) is 11.1 Å². The van der Waals surface area contributed by atoms with Gasteiger partial charge in [0, 0.05) is 6.04 Å². The zero-order valence-electron chi connectivity index (χ0n) is 19.1. The summed E-state index contributed by atoms with van der Waals surface area (Å²) in [7, 11) is 0. The summed E-state index contributed by atoms with van der Waals surface area (Å²) in [4.78, 5) is 50.1. The Balaban J connectivity index is 1.75. The monoisotopic (exact) mass is 477 g/mol. The summed E-state index contributed by atoms with van der Waals surface area (Å²) in [6.45, 7) is -0.785. The highest BCUT2D eigenvalue weighted by molar-refractivity contribution is 5.97. The van der Waals surface area contributed by atoms with Gasteiger partial charge in [-0.3, -0.25) is 23.5 Å².